The van der Waals surface area contributed by atoms with Crippen LogP contribution in [0.15, 0.2) is 18.2 Å². The second kappa shape index (κ2) is 10.6. The molecular weight excluding hydrogens is 337 g/mol. The summed E-state index contributed by atoms with van der Waals surface area (Å²) in [5, 5.41) is 3.98. The number of hydrogen-bond acceptors (Lipinski definition) is 3. The second-order valence-corrected chi connectivity index (χ2v) is 6.29. The van der Waals surface area contributed by atoms with Gasteiger partial charge in [0.2, 0.25) is 0 Å². The summed E-state index contributed by atoms with van der Waals surface area (Å²) < 4.78 is 5.64. The van der Waals surface area contributed by atoms with Gasteiger partial charge >= 0.3 is 6.03 Å². The Morgan fingerprint density at radius 3 is 2.61 bits per heavy atom. The lowest BCUT2D eigenvalue weighted by atomic mass is 10.3. The van der Waals surface area contributed by atoms with Gasteiger partial charge in [0, 0.05) is 30.7 Å². The molecule has 1 N–H and O–H groups in total. The average Bonchev–Trinajstić information content (AvgIpc) is 2.49. The molecule has 130 valence electrons. The number of likely N-dealkylation sites (N-methyl/N-ethyl adjacent to an activating group) is 1. The summed E-state index contributed by atoms with van der Waals surface area (Å²) >= 11 is 12.0. The Morgan fingerprint density at radius 2 is 1.96 bits per heavy atom. The number of ether oxygens (including phenoxy) is 1. The molecule has 1 aromatic rings. The summed E-state index contributed by atoms with van der Waals surface area (Å²) in [6, 6.07) is 5.00. The van der Waals surface area contributed by atoms with Crippen molar-refractivity contribution in [2.24, 2.45) is 0 Å². The first kappa shape index (κ1) is 19.9. The van der Waals surface area contributed by atoms with Crippen molar-refractivity contribution in [2.45, 2.75) is 13.3 Å². The number of urea groups is 1. The second-order valence-electron chi connectivity index (χ2n) is 5.45. The van der Waals surface area contributed by atoms with Crippen molar-refractivity contribution in [1.82, 2.24) is 15.1 Å². The summed E-state index contributed by atoms with van der Waals surface area (Å²) in [6.45, 7) is 4.99. The molecule has 0 heterocycles. The molecule has 0 saturated heterocycles. The third kappa shape index (κ3) is 7.77. The molecule has 5 nitrogen and oxygen atoms in total. The summed E-state index contributed by atoms with van der Waals surface area (Å²) in [4.78, 5) is 15.9. The van der Waals surface area contributed by atoms with Crippen LogP contribution < -0.4 is 10.1 Å². The van der Waals surface area contributed by atoms with E-state index in [0.717, 1.165) is 13.0 Å². The zero-order valence-corrected chi connectivity index (χ0v) is 15.5. The molecule has 0 saturated carbocycles. The molecule has 1 aromatic carbocycles. The van der Waals surface area contributed by atoms with E-state index >= 15 is 0 Å². The first-order valence-electron chi connectivity index (χ1n) is 7.69. The van der Waals surface area contributed by atoms with Gasteiger partial charge in [-0.15, -0.1) is 0 Å². The van der Waals surface area contributed by atoms with Crippen molar-refractivity contribution in [2.75, 3.05) is 46.9 Å². The van der Waals surface area contributed by atoms with Gasteiger partial charge in [0.25, 0.3) is 0 Å². The molecular formula is C16H25Cl2N3O2. The van der Waals surface area contributed by atoms with Crippen molar-refractivity contribution in [3.63, 3.8) is 0 Å². The first-order chi connectivity index (χ1) is 10.9. The van der Waals surface area contributed by atoms with Crippen molar-refractivity contribution >= 4 is 29.2 Å². The number of carbonyl (C=O) groups excluding carboxylic acids is 1. The molecule has 7 heteroatoms. The van der Waals surface area contributed by atoms with Crippen LogP contribution in [0.4, 0.5) is 4.79 Å². The molecule has 0 aliphatic rings. The Morgan fingerprint density at radius 1 is 1.22 bits per heavy atom. The molecule has 0 aliphatic heterocycles. The highest BCUT2D eigenvalue weighted by Gasteiger charge is 2.12. The average molecular weight is 362 g/mol. The Bertz CT molecular complexity index is 498. The monoisotopic (exact) mass is 361 g/mol. The third-order valence-electron chi connectivity index (χ3n) is 3.13. The van der Waals surface area contributed by atoms with Crippen LogP contribution in [0.5, 0.6) is 5.75 Å². The smallest absolute Gasteiger partial charge is 0.317 e. The fraction of sp³-hybridized carbons (Fsp3) is 0.562. The normalized spacial score (nSPS) is 10.7. The van der Waals surface area contributed by atoms with Gasteiger partial charge in [0.1, 0.15) is 12.4 Å². The SMILES string of the molecule is CCCN(CCOc1cc(Cl)ccc1Cl)C(=O)NCCN(C)C. The van der Waals surface area contributed by atoms with Crippen LogP contribution in [0, 0.1) is 0 Å². The summed E-state index contributed by atoms with van der Waals surface area (Å²) in [5.41, 5.74) is 0. The topological polar surface area (TPSA) is 44.8 Å². The van der Waals surface area contributed by atoms with Gasteiger partial charge in [0.05, 0.1) is 11.6 Å². The minimum absolute atomic E-state index is 0.0745. The van der Waals surface area contributed by atoms with Gasteiger partial charge in [-0.25, -0.2) is 4.79 Å². The highest BCUT2D eigenvalue weighted by Crippen LogP contribution is 2.27. The van der Waals surface area contributed by atoms with Crippen LogP contribution in [0.25, 0.3) is 0 Å². The highest BCUT2D eigenvalue weighted by atomic mass is 35.5. The van der Waals surface area contributed by atoms with Crippen molar-refractivity contribution in [1.29, 1.82) is 0 Å². The summed E-state index contributed by atoms with van der Waals surface area (Å²) in [6.07, 6.45) is 0.888. The molecule has 0 unspecified atom stereocenters. The van der Waals surface area contributed by atoms with E-state index in [-0.39, 0.29) is 6.03 Å². The molecule has 0 spiro atoms. The third-order valence-corrected chi connectivity index (χ3v) is 3.68. The Balaban J connectivity index is 2.46. The van der Waals surface area contributed by atoms with Gasteiger partial charge in [-0.2, -0.15) is 0 Å². The number of carbonyl (C=O) groups is 1. The molecule has 2 amide bonds. The van der Waals surface area contributed by atoms with E-state index in [1.54, 1.807) is 23.1 Å². The molecule has 23 heavy (non-hydrogen) atoms. The van der Waals surface area contributed by atoms with Crippen LogP contribution in [-0.4, -0.2) is 62.7 Å². The van der Waals surface area contributed by atoms with Gasteiger partial charge in [-0.1, -0.05) is 30.1 Å². The van der Waals surface area contributed by atoms with E-state index in [0.29, 0.717) is 42.0 Å². The molecule has 1 rings (SSSR count). The predicted octanol–water partition coefficient (Wildman–Crippen LogP) is 3.36. The Hall–Kier alpha value is -1.17. The molecule has 0 fully saturated rings. The maximum absolute atomic E-state index is 12.2. The minimum atomic E-state index is -0.0745. The predicted molar refractivity (Wildman–Crippen MR) is 95.8 cm³/mol. The van der Waals surface area contributed by atoms with E-state index in [9.17, 15) is 4.79 Å². The van der Waals surface area contributed by atoms with E-state index in [4.69, 9.17) is 27.9 Å². The Kier molecular flexibility index (Phi) is 9.14. The summed E-state index contributed by atoms with van der Waals surface area (Å²) in [7, 11) is 3.94. The minimum Gasteiger partial charge on any atom is -0.490 e. The lowest BCUT2D eigenvalue weighted by molar-refractivity contribution is 0.181. The standard InChI is InChI=1S/C16H25Cl2N3O2/c1-4-8-21(16(22)19-7-9-20(2)3)10-11-23-15-12-13(17)5-6-14(15)18/h5-6,12H,4,7-11H2,1-3H3,(H,19,22). The fourth-order valence-corrected chi connectivity index (χ4v) is 2.27. The summed E-state index contributed by atoms with van der Waals surface area (Å²) in [5.74, 6) is 0.531. The van der Waals surface area contributed by atoms with Gasteiger partial charge < -0.3 is 19.9 Å². The highest BCUT2D eigenvalue weighted by molar-refractivity contribution is 6.34. The first-order valence-corrected chi connectivity index (χ1v) is 8.45. The number of halogens is 2. The molecule has 0 aromatic heterocycles. The van der Waals surface area contributed by atoms with E-state index in [2.05, 4.69) is 5.32 Å². The maximum atomic E-state index is 12.2. The fourth-order valence-electron chi connectivity index (χ4n) is 1.94. The quantitative estimate of drug-likeness (QED) is 0.733. The molecule has 0 bridgehead atoms. The van der Waals surface area contributed by atoms with Gasteiger partial charge in [-0.3, -0.25) is 0 Å². The van der Waals surface area contributed by atoms with Crippen LogP contribution in [0.1, 0.15) is 13.3 Å². The zero-order valence-electron chi connectivity index (χ0n) is 13.9. The number of rotatable bonds is 9. The number of amides is 2. The van der Waals surface area contributed by atoms with Crippen molar-refractivity contribution in [3.8, 4) is 5.75 Å². The lowest BCUT2D eigenvalue weighted by Crippen LogP contribution is -2.44. The largest absolute Gasteiger partial charge is 0.490 e. The molecule has 0 atom stereocenters. The van der Waals surface area contributed by atoms with Crippen LogP contribution in [-0.2, 0) is 0 Å². The number of hydrogen-bond donors (Lipinski definition) is 1. The van der Waals surface area contributed by atoms with Crippen LogP contribution in [0.3, 0.4) is 0 Å². The van der Waals surface area contributed by atoms with Gasteiger partial charge in [0.15, 0.2) is 0 Å². The van der Waals surface area contributed by atoms with Gasteiger partial charge in [-0.05, 0) is 32.6 Å². The Labute approximate surface area is 148 Å². The van der Waals surface area contributed by atoms with E-state index in [1.807, 2.05) is 25.9 Å². The zero-order chi connectivity index (χ0) is 17.2. The van der Waals surface area contributed by atoms with Crippen molar-refractivity contribution < 1.29 is 9.53 Å². The number of benzene rings is 1. The van der Waals surface area contributed by atoms with E-state index in [1.165, 1.54) is 0 Å². The lowest BCUT2D eigenvalue weighted by Gasteiger charge is -2.23. The molecule has 0 radical (unpaired) electrons. The number of nitrogens with one attached hydrogen (secondary N) is 1. The van der Waals surface area contributed by atoms with Crippen LogP contribution in [0.2, 0.25) is 10.0 Å². The van der Waals surface area contributed by atoms with Crippen molar-refractivity contribution in [3.05, 3.63) is 28.2 Å². The van der Waals surface area contributed by atoms with E-state index < -0.39 is 0 Å². The maximum Gasteiger partial charge on any atom is 0.317 e. The number of nitrogens with zero attached hydrogens (tertiary/aromatic N) is 2. The van der Waals surface area contributed by atoms with Crippen LogP contribution >= 0.6 is 23.2 Å². The molecule has 0 aliphatic carbocycles.